The first kappa shape index (κ1) is 14.5. The minimum absolute atomic E-state index is 0.395. The molecule has 2 nitrogen and oxygen atoms in total. The molecule has 1 fully saturated rings. The molecule has 1 aliphatic rings. The molecule has 0 aromatic heterocycles. The van der Waals surface area contributed by atoms with E-state index in [1.54, 1.807) is 0 Å². The lowest BCUT2D eigenvalue weighted by atomic mass is 9.97. The standard InChI is InChI=1S/C17H28N2/c1-12-6-8-16(9-7-12)17(18-4)14(3)19(5)13(2)15-10-11-15/h6-9,13-15,17-18H,10-11H2,1-5H3. The number of nitrogens with zero attached hydrogens (tertiary/aromatic N) is 1. The van der Waals surface area contributed by atoms with E-state index in [1.807, 2.05) is 0 Å². The fourth-order valence-electron chi connectivity index (χ4n) is 2.98. The average Bonchev–Trinajstić information content (AvgIpc) is 3.24. The van der Waals surface area contributed by atoms with E-state index in [2.05, 4.69) is 69.3 Å². The van der Waals surface area contributed by atoms with Gasteiger partial charge in [0.25, 0.3) is 0 Å². The average molecular weight is 260 g/mol. The third-order valence-electron chi connectivity index (χ3n) is 4.82. The summed E-state index contributed by atoms with van der Waals surface area (Å²) in [5.41, 5.74) is 2.71. The molecule has 3 atom stereocenters. The molecule has 106 valence electrons. The summed E-state index contributed by atoms with van der Waals surface area (Å²) < 4.78 is 0. The summed E-state index contributed by atoms with van der Waals surface area (Å²) in [5, 5.41) is 3.49. The molecular weight excluding hydrogens is 232 g/mol. The summed E-state index contributed by atoms with van der Waals surface area (Å²) in [6.07, 6.45) is 2.82. The number of rotatable bonds is 6. The quantitative estimate of drug-likeness (QED) is 0.843. The predicted octanol–water partition coefficient (Wildman–Crippen LogP) is 3.37. The summed E-state index contributed by atoms with van der Waals surface area (Å²) in [6.45, 7) is 6.85. The second-order valence-electron chi connectivity index (χ2n) is 6.16. The van der Waals surface area contributed by atoms with Gasteiger partial charge in [0.2, 0.25) is 0 Å². The van der Waals surface area contributed by atoms with E-state index in [4.69, 9.17) is 0 Å². The van der Waals surface area contributed by atoms with Crippen LogP contribution < -0.4 is 5.32 Å². The molecular formula is C17H28N2. The molecule has 1 aromatic rings. The summed E-state index contributed by atoms with van der Waals surface area (Å²) >= 11 is 0. The van der Waals surface area contributed by atoms with Crippen molar-refractivity contribution in [2.24, 2.45) is 5.92 Å². The van der Waals surface area contributed by atoms with Crippen molar-refractivity contribution in [3.63, 3.8) is 0 Å². The lowest BCUT2D eigenvalue weighted by Crippen LogP contribution is -2.44. The maximum absolute atomic E-state index is 3.49. The smallest absolute Gasteiger partial charge is 0.0473 e. The molecule has 1 N–H and O–H groups in total. The van der Waals surface area contributed by atoms with Gasteiger partial charge in [-0.05, 0) is 59.2 Å². The molecule has 0 radical (unpaired) electrons. The molecule has 0 saturated heterocycles. The van der Waals surface area contributed by atoms with E-state index < -0.39 is 0 Å². The summed E-state index contributed by atoms with van der Waals surface area (Å²) in [6, 6.07) is 10.5. The van der Waals surface area contributed by atoms with Gasteiger partial charge in [0.1, 0.15) is 0 Å². The van der Waals surface area contributed by atoms with Crippen molar-refractivity contribution >= 4 is 0 Å². The van der Waals surface area contributed by atoms with Gasteiger partial charge in [-0.2, -0.15) is 0 Å². The minimum Gasteiger partial charge on any atom is -0.312 e. The van der Waals surface area contributed by atoms with Crippen molar-refractivity contribution in [3.8, 4) is 0 Å². The van der Waals surface area contributed by atoms with Gasteiger partial charge >= 0.3 is 0 Å². The van der Waals surface area contributed by atoms with Crippen molar-refractivity contribution in [2.45, 2.75) is 51.7 Å². The van der Waals surface area contributed by atoms with E-state index in [0.29, 0.717) is 18.1 Å². The van der Waals surface area contributed by atoms with Crippen LogP contribution in [-0.2, 0) is 0 Å². The number of aryl methyl sites for hydroxylation is 1. The molecule has 2 heteroatoms. The van der Waals surface area contributed by atoms with Gasteiger partial charge in [0.05, 0.1) is 0 Å². The maximum atomic E-state index is 3.49. The van der Waals surface area contributed by atoms with Crippen molar-refractivity contribution in [3.05, 3.63) is 35.4 Å². The minimum atomic E-state index is 0.395. The van der Waals surface area contributed by atoms with Crippen LogP contribution in [0, 0.1) is 12.8 Å². The van der Waals surface area contributed by atoms with Crippen LogP contribution in [0.3, 0.4) is 0 Å². The molecule has 0 aliphatic heterocycles. The van der Waals surface area contributed by atoms with Gasteiger partial charge in [-0.3, -0.25) is 4.90 Å². The largest absolute Gasteiger partial charge is 0.312 e. The Morgan fingerprint density at radius 3 is 2.21 bits per heavy atom. The number of benzene rings is 1. The predicted molar refractivity (Wildman–Crippen MR) is 82.4 cm³/mol. The number of nitrogens with one attached hydrogen (secondary N) is 1. The number of likely N-dealkylation sites (N-methyl/N-ethyl adjacent to an activating group) is 2. The van der Waals surface area contributed by atoms with Crippen LogP contribution in [0.15, 0.2) is 24.3 Å². The summed E-state index contributed by atoms with van der Waals surface area (Å²) in [4.78, 5) is 2.54. The summed E-state index contributed by atoms with van der Waals surface area (Å²) in [5.74, 6) is 0.919. The second kappa shape index (κ2) is 6.06. The van der Waals surface area contributed by atoms with Crippen molar-refractivity contribution in [1.29, 1.82) is 0 Å². The first-order valence-electron chi connectivity index (χ1n) is 7.50. The van der Waals surface area contributed by atoms with Gasteiger partial charge in [-0.25, -0.2) is 0 Å². The van der Waals surface area contributed by atoms with Gasteiger partial charge < -0.3 is 5.32 Å². The maximum Gasteiger partial charge on any atom is 0.0473 e. The zero-order valence-electron chi connectivity index (χ0n) is 13.0. The van der Waals surface area contributed by atoms with Crippen molar-refractivity contribution < 1.29 is 0 Å². The third-order valence-corrected chi connectivity index (χ3v) is 4.82. The molecule has 0 amide bonds. The van der Waals surface area contributed by atoms with Crippen LogP contribution in [0.1, 0.15) is 43.9 Å². The molecule has 0 spiro atoms. The van der Waals surface area contributed by atoms with E-state index in [0.717, 1.165) is 5.92 Å². The number of hydrogen-bond donors (Lipinski definition) is 1. The zero-order chi connectivity index (χ0) is 14.0. The normalized spacial score (nSPS) is 20.3. The van der Waals surface area contributed by atoms with Crippen LogP contribution in [-0.4, -0.2) is 31.1 Å². The van der Waals surface area contributed by atoms with Crippen LogP contribution in [0.25, 0.3) is 0 Å². The highest BCUT2D eigenvalue weighted by Gasteiger charge is 2.34. The zero-order valence-corrected chi connectivity index (χ0v) is 13.0. The van der Waals surface area contributed by atoms with E-state index in [1.165, 1.54) is 24.0 Å². The highest BCUT2D eigenvalue weighted by Crippen LogP contribution is 2.36. The highest BCUT2D eigenvalue weighted by atomic mass is 15.2. The molecule has 1 saturated carbocycles. The fraction of sp³-hybridized carbons (Fsp3) is 0.647. The Labute approximate surface area is 118 Å². The van der Waals surface area contributed by atoms with Gasteiger partial charge in [0, 0.05) is 18.1 Å². The van der Waals surface area contributed by atoms with E-state index in [9.17, 15) is 0 Å². The lowest BCUT2D eigenvalue weighted by Gasteiger charge is -2.36. The number of hydrogen-bond acceptors (Lipinski definition) is 2. The summed E-state index contributed by atoms with van der Waals surface area (Å²) in [7, 11) is 4.34. The molecule has 19 heavy (non-hydrogen) atoms. The Hall–Kier alpha value is -0.860. The van der Waals surface area contributed by atoms with Gasteiger partial charge in [-0.1, -0.05) is 29.8 Å². The first-order chi connectivity index (χ1) is 9.04. The second-order valence-corrected chi connectivity index (χ2v) is 6.16. The Morgan fingerprint density at radius 2 is 1.74 bits per heavy atom. The third kappa shape index (κ3) is 3.37. The fourth-order valence-corrected chi connectivity index (χ4v) is 2.98. The highest BCUT2D eigenvalue weighted by molar-refractivity contribution is 5.25. The topological polar surface area (TPSA) is 15.3 Å². The first-order valence-corrected chi connectivity index (χ1v) is 7.50. The Morgan fingerprint density at radius 1 is 1.16 bits per heavy atom. The van der Waals surface area contributed by atoms with Gasteiger partial charge in [0.15, 0.2) is 0 Å². The molecule has 1 aromatic carbocycles. The molecule has 3 unspecified atom stereocenters. The molecule has 1 aliphatic carbocycles. The van der Waals surface area contributed by atoms with Crippen molar-refractivity contribution in [1.82, 2.24) is 10.2 Å². The lowest BCUT2D eigenvalue weighted by molar-refractivity contribution is 0.147. The van der Waals surface area contributed by atoms with Crippen LogP contribution in [0.2, 0.25) is 0 Å². The molecule has 0 bridgehead atoms. The van der Waals surface area contributed by atoms with E-state index in [-0.39, 0.29) is 0 Å². The molecule has 2 rings (SSSR count). The monoisotopic (exact) mass is 260 g/mol. The Kier molecular flexibility index (Phi) is 4.64. The van der Waals surface area contributed by atoms with Crippen LogP contribution in [0.5, 0.6) is 0 Å². The van der Waals surface area contributed by atoms with Crippen LogP contribution >= 0.6 is 0 Å². The van der Waals surface area contributed by atoms with Gasteiger partial charge in [-0.15, -0.1) is 0 Å². The van der Waals surface area contributed by atoms with Crippen molar-refractivity contribution in [2.75, 3.05) is 14.1 Å². The Balaban J connectivity index is 2.09. The Bertz CT molecular complexity index is 394. The van der Waals surface area contributed by atoms with Crippen LogP contribution in [0.4, 0.5) is 0 Å². The SMILES string of the molecule is CNC(c1ccc(C)cc1)C(C)N(C)C(C)C1CC1. The van der Waals surface area contributed by atoms with E-state index >= 15 is 0 Å². The molecule has 0 heterocycles.